The quantitative estimate of drug-likeness (QED) is 0.439. The van der Waals surface area contributed by atoms with Crippen molar-refractivity contribution in [3.63, 3.8) is 0 Å². The molecule has 0 saturated heterocycles. The molecule has 0 fully saturated rings. The molecule has 8 heavy (non-hydrogen) atoms. The van der Waals surface area contributed by atoms with Crippen LogP contribution in [0.3, 0.4) is 0 Å². The highest BCUT2D eigenvalue weighted by molar-refractivity contribution is 6.64. The van der Waals surface area contributed by atoms with E-state index in [1.165, 1.54) is 6.42 Å². The van der Waals surface area contributed by atoms with Crippen LogP contribution in [0.15, 0.2) is 0 Å². The van der Waals surface area contributed by atoms with E-state index in [4.69, 9.17) is 11.6 Å². The molecule has 46 valence electrons. The molecule has 1 unspecified atom stereocenters. The Labute approximate surface area is 55.0 Å². The highest BCUT2D eigenvalue weighted by Gasteiger charge is 2.23. The molecule has 1 aliphatic heterocycles. The third-order valence-corrected chi connectivity index (χ3v) is 2.27. The van der Waals surface area contributed by atoms with Crippen molar-refractivity contribution in [3.8, 4) is 0 Å². The molecule has 0 aromatic rings. The summed E-state index contributed by atoms with van der Waals surface area (Å²) < 4.78 is 2.13. The van der Waals surface area contributed by atoms with E-state index in [0.717, 1.165) is 11.6 Å². The molecule has 0 aromatic heterocycles. The Bertz CT molecular complexity index is 128. The van der Waals surface area contributed by atoms with Gasteiger partial charge >= 0.3 is 0 Å². The van der Waals surface area contributed by atoms with E-state index in [0.29, 0.717) is 6.04 Å². The average molecular weight is 133 g/mol. The predicted molar refractivity (Wildman–Crippen MR) is 35.7 cm³/mol. The van der Waals surface area contributed by atoms with Gasteiger partial charge in [0.15, 0.2) is 6.04 Å². The van der Waals surface area contributed by atoms with E-state index in [1.807, 2.05) is 7.05 Å². The second-order valence-corrected chi connectivity index (χ2v) is 2.81. The molecular formula is C6H11ClN+. The summed E-state index contributed by atoms with van der Waals surface area (Å²) in [6.07, 6.45) is 2.29. The molecule has 0 N–H and O–H groups in total. The van der Waals surface area contributed by atoms with Crippen molar-refractivity contribution in [2.24, 2.45) is 0 Å². The van der Waals surface area contributed by atoms with Gasteiger partial charge in [-0.25, -0.2) is 4.58 Å². The van der Waals surface area contributed by atoms with Crippen LogP contribution >= 0.6 is 11.6 Å². The molecule has 1 nitrogen and oxygen atoms in total. The molecule has 1 aliphatic rings. The van der Waals surface area contributed by atoms with Gasteiger partial charge in [0.05, 0.1) is 6.42 Å². The second-order valence-electron chi connectivity index (χ2n) is 2.37. The van der Waals surface area contributed by atoms with E-state index in [9.17, 15) is 0 Å². The fourth-order valence-electron chi connectivity index (χ4n) is 0.937. The van der Waals surface area contributed by atoms with Crippen LogP contribution in [-0.4, -0.2) is 22.8 Å². The molecule has 1 atom stereocenters. The normalized spacial score (nSPS) is 29.6. The van der Waals surface area contributed by atoms with Crippen LogP contribution in [0, 0.1) is 0 Å². The summed E-state index contributed by atoms with van der Waals surface area (Å²) in [5.74, 6) is 0. The van der Waals surface area contributed by atoms with Crippen molar-refractivity contribution in [2.45, 2.75) is 25.8 Å². The highest BCUT2D eigenvalue weighted by atomic mass is 35.5. The Morgan fingerprint density at radius 2 is 2.38 bits per heavy atom. The average Bonchev–Trinajstić information content (AvgIpc) is 1.98. The van der Waals surface area contributed by atoms with Crippen molar-refractivity contribution in [2.75, 3.05) is 7.05 Å². The Kier molecular flexibility index (Phi) is 1.57. The number of halogens is 1. The summed E-state index contributed by atoms with van der Waals surface area (Å²) >= 11 is 5.80. The zero-order valence-electron chi connectivity index (χ0n) is 5.32. The van der Waals surface area contributed by atoms with Gasteiger partial charge < -0.3 is 0 Å². The maximum Gasteiger partial charge on any atom is 0.245 e. The fraction of sp³-hybridized carbons (Fsp3) is 0.833. The first-order valence-electron chi connectivity index (χ1n) is 2.96. The first-order valence-corrected chi connectivity index (χ1v) is 3.34. The van der Waals surface area contributed by atoms with E-state index >= 15 is 0 Å². The number of rotatable bonds is 0. The van der Waals surface area contributed by atoms with E-state index < -0.39 is 0 Å². The summed E-state index contributed by atoms with van der Waals surface area (Å²) in [5.41, 5.74) is 0. The fourth-order valence-corrected chi connectivity index (χ4v) is 1.21. The van der Waals surface area contributed by atoms with Crippen LogP contribution in [0.4, 0.5) is 0 Å². The Hall–Kier alpha value is -0.0400. The molecule has 0 radical (unpaired) electrons. The topological polar surface area (TPSA) is 3.01 Å². The first kappa shape index (κ1) is 6.09. The van der Waals surface area contributed by atoms with Crippen LogP contribution < -0.4 is 0 Å². The lowest BCUT2D eigenvalue weighted by atomic mass is 10.2. The van der Waals surface area contributed by atoms with Gasteiger partial charge in [-0.3, -0.25) is 0 Å². The summed E-state index contributed by atoms with van der Waals surface area (Å²) in [6, 6.07) is 0.655. The zero-order chi connectivity index (χ0) is 6.15. The van der Waals surface area contributed by atoms with Gasteiger partial charge in [-0.2, -0.15) is 0 Å². The van der Waals surface area contributed by atoms with Crippen LogP contribution in [0.2, 0.25) is 0 Å². The largest absolute Gasteiger partial charge is 0.245 e. The van der Waals surface area contributed by atoms with Gasteiger partial charge in [0.25, 0.3) is 0 Å². The monoisotopic (exact) mass is 132 g/mol. The van der Waals surface area contributed by atoms with Gasteiger partial charge in [0.2, 0.25) is 5.17 Å². The summed E-state index contributed by atoms with van der Waals surface area (Å²) in [4.78, 5) is 0. The minimum absolute atomic E-state index is 0.655. The minimum atomic E-state index is 0.655. The van der Waals surface area contributed by atoms with E-state index in [-0.39, 0.29) is 0 Å². The number of hydrogen-bond donors (Lipinski definition) is 0. The maximum absolute atomic E-state index is 5.80. The maximum atomic E-state index is 5.80. The number of nitrogens with zero attached hydrogens (tertiary/aromatic N) is 1. The van der Waals surface area contributed by atoms with E-state index in [1.54, 1.807) is 0 Å². The smallest absolute Gasteiger partial charge is 0.224 e. The van der Waals surface area contributed by atoms with Gasteiger partial charge in [-0.15, -0.1) is 0 Å². The van der Waals surface area contributed by atoms with Gasteiger partial charge in [-0.1, -0.05) is 0 Å². The third-order valence-electron chi connectivity index (χ3n) is 1.81. The molecule has 0 bridgehead atoms. The van der Waals surface area contributed by atoms with Gasteiger partial charge in [0, 0.05) is 6.42 Å². The molecule has 1 heterocycles. The molecule has 1 rings (SSSR count). The van der Waals surface area contributed by atoms with Crippen LogP contribution in [0.1, 0.15) is 19.8 Å². The Balaban J connectivity index is 2.71. The van der Waals surface area contributed by atoms with Crippen molar-refractivity contribution in [1.82, 2.24) is 0 Å². The lowest BCUT2D eigenvalue weighted by molar-refractivity contribution is -0.523. The molecule has 2 heteroatoms. The highest BCUT2D eigenvalue weighted by Crippen LogP contribution is 2.12. The molecular weight excluding hydrogens is 122 g/mol. The van der Waals surface area contributed by atoms with Crippen molar-refractivity contribution < 1.29 is 4.58 Å². The summed E-state index contributed by atoms with van der Waals surface area (Å²) in [7, 11) is 2.04. The van der Waals surface area contributed by atoms with Gasteiger partial charge in [0.1, 0.15) is 7.05 Å². The Morgan fingerprint density at radius 3 is 2.50 bits per heavy atom. The van der Waals surface area contributed by atoms with E-state index in [2.05, 4.69) is 11.5 Å². The summed E-state index contributed by atoms with van der Waals surface area (Å²) in [5, 5.41) is 1.01. The molecule has 0 spiro atoms. The van der Waals surface area contributed by atoms with Crippen molar-refractivity contribution in [3.05, 3.63) is 0 Å². The lowest BCUT2D eigenvalue weighted by Crippen LogP contribution is -2.14. The molecule has 0 amide bonds. The lowest BCUT2D eigenvalue weighted by Gasteiger charge is -1.94. The predicted octanol–water partition coefficient (Wildman–Crippen LogP) is 1.45. The summed E-state index contributed by atoms with van der Waals surface area (Å²) in [6.45, 7) is 2.19. The SMILES string of the molecule is CC1CCC(Cl)=[N+]1C. The minimum Gasteiger partial charge on any atom is -0.224 e. The standard InChI is InChI=1S/C6H11ClN/c1-5-3-4-6(7)8(5)2/h5H,3-4H2,1-2H3/q+1. The van der Waals surface area contributed by atoms with Crippen molar-refractivity contribution >= 4 is 16.8 Å². The molecule has 0 saturated carbocycles. The third kappa shape index (κ3) is 0.873. The van der Waals surface area contributed by atoms with Crippen molar-refractivity contribution in [1.29, 1.82) is 0 Å². The molecule has 0 aromatic carbocycles. The van der Waals surface area contributed by atoms with Gasteiger partial charge in [-0.05, 0) is 18.5 Å². The first-order chi connectivity index (χ1) is 3.72. The van der Waals surface area contributed by atoms with Crippen LogP contribution in [0.5, 0.6) is 0 Å². The van der Waals surface area contributed by atoms with Crippen LogP contribution in [-0.2, 0) is 0 Å². The molecule has 0 aliphatic carbocycles. The second kappa shape index (κ2) is 2.06. The van der Waals surface area contributed by atoms with Crippen LogP contribution in [0.25, 0.3) is 0 Å². The number of hydrogen-bond acceptors (Lipinski definition) is 0. The zero-order valence-corrected chi connectivity index (χ0v) is 6.07. The Morgan fingerprint density at radius 1 is 1.75 bits per heavy atom.